The topological polar surface area (TPSA) is 71.1 Å². The highest BCUT2D eigenvalue weighted by Crippen LogP contribution is 2.18. The number of aromatic nitrogens is 1. The molecule has 0 radical (unpaired) electrons. The van der Waals surface area contributed by atoms with Crippen LogP contribution < -0.4 is 10.6 Å². The molecule has 2 N–H and O–H groups in total. The van der Waals surface area contributed by atoms with Gasteiger partial charge in [0.05, 0.1) is 0 Å². The standard InChI is InChI=1S/C20H22ClN3O2/c21-16-5-3-4-14(12-16)8-10-23-20(26)18-13-15(9-11-22-18)19(25)24-17-6-1-2-7-17/h3-5,9,11-13,17H,1-2,6-8,10H2,(H,23,26)(H,24,25). The quantitative estimate of drug-likeness (QED) is 0.817. The summed E-state index contributed by atoms with van der Waals surface area (Å²) < 4.78 is 0. The van der Waals surface area contributed by atoms with Gasteiger partial charge in [0.15, 0.2) is 0 Å². The minimum Gasteiger partial charge on any atom is -0.350 e. The summed E-state index contributed by atoms with van der Waals surface area (Å²) in [6, 6.07) is 10.9. The first kappa shape index (κ1) is 18.4. The van der Waals surface area contributed by atoms with Crippen LogP contribution >= 0.6 is 11.6 Å². The van der Waals surface area contributed by atoms with Gasteiger partial charge in [0, 0.05) is 29.4 Å². The number of amides is 2. The number of nitrogens with zero attached hydrogens (tertiary/aromatic N) is 1. The van der Waals surface area contributed by atoms with Gasteiger partial charge in [-0.15, -0.1) is 0 Å². The van der Waals surface area contributed by atoms with Crippen molar-refractivity contribution in [2.24, 2.45) is 0 Å². The summed E-state index contributed by atoms with van der Waals surface area (Å²) in [7, 11) is 0. The Morgan fingerprint density at radius 3 is 2.69 bits per heavy atom. The molecule has 136 valence electrons. The first-order valence-electron chi connectivity index (χ1n) is 8.91. The van der Waals surface area contributed by atoms with Crippen LogP contribution in [0.15, 0.2) is 42.6 Å². The third-order valence-corrected chi connectivity index (χ3v) is 4.77. The second-order valence-corrected chi connectivity index (χ2v) is 6.96. The summed E-state index contributed by atoms with van der Waals surface area (Å²) in [6.45, 7) is 0.472. The lowest BCUT2D eigenvalue weighted by atomic mass is 10.1. The SMILES string of the molecule is O=C(NC1CCCC1)c1ccnc(C(=O)NCCc2cccc(Cl)c2)c1. The van der Waals surface area contributed by atoms with Gasteiger partial charge in [-0.2, -0.15) is 0 Å². The number of pyridine rings is 1. The third-order valence-electron chi connectivity index (χ3n) is 4.53. The largest absolute Gasteiger partial charge is 0.350 e. The highest BCUT2D eigenvalue weighted by Gasteiger charge is 2.19. The predicted molar refractivity (Wildman–Crippen MR) is 101 cm³/mol. The molecule has 5 nitrogen and oxygen atoms in total. The molecule has 26 heavy (non-hydrogen) atoms. The Balaban J connectivity index is 1.54. The normalized spacial score (nSPS) is 14.2. The summed E-state index contributed by atoms with van der Waals surface area (Å²) in [5.41, 5.74) is 1.76. The smallest absolute Gasteiger partial charge is 0.269 e. The zero-order valence-corrected chi connectivity index (χ0v) is 15.3. The van der Waals surface area contributed by atoms with Crippen LogP contribution in [0.1, 0.15) is 52.1 Å². The molecule has 1 saturated carbocycles. The minimum absolute atomic E-state index is 0.146. The van der Waals surface area contributed by atoms with Crippen molar-refractivity contribution in [2.75, 3.05) is 6.54 Å². The van der Waals surface area contributed by atoms with Crippen molar-refractivity contribution in [2.45, 2.75) is 38.1 Å². The van der Waals surface area contributed by atoms with Crippen LogP contribution in [0.2, 0.25) is 5.02 Å². The maximum atomic E-state index is 12.3. The molecule has 1 aliphatic carbocycles. The number of carbonyl (C=O) groups excluding carboxylic acids is 2. The summed E-state index contributed by atoms with van der Waals surface area (Å²) in [5, 5.41) is 6.53. The summed E-state index contributed by atoms with van der Waals surface area (Å²) >= 11 is 5.95. The van der Waals surface area contributed by atoms with Crippen molar-refractivity contribution in [1.29, 1.82) is 0 Å². The van der Waals surface area contributed by atoms with Gasteiger partial charge >= 0.3 is 0 Å². The maximum Gasteiger partial charge on any atom is 0.269 e. The molecule has 0 spiro atoms. The van der Waals surface area contributed by atoms with Crippen molar-refractivity contribution >= 4 is 23.4 Å². The van der Waals surface area contributed by atoms with E-state index in [0.717, 1.165) is 31.2 Å². The van der Waals surface area contributed by atoms with Crippen LogP contribution in [0.4, 0.5) is 0 Å². The Bertz CT molecular complexity index is 788. The van der Waals surface area contributed by atoms with Gasteiger partial charge in [-0.3, -0.25) is 14.6 Å². The summed E-state index contributed by atoms with van der Waals surface area (Å²) in [4.78, 5) is 28.7. The van der Waals surface area contributed by atoms with Crippen LogP contribution in [-0.2, 0) is 6.42 Å². The Hall–Kier alpha value is -2.40. The molecule has 2 aromatic rings. The molecule has 0 bridgehead atoms. The Morgan fingerprint density at radius 1 is 1.12 bits per heavy atom. The fourth-order valence-electron chi connectivity index (χ4n) is 3.14. The van der Waals surface area contributed by atoms with E-state index in [1.807, 2.05) is 24.3 Å². The second kappa shape index (κ2) is 8.81. The molecule has 0 atom stereocenters. The predicted octanol–water partition coefficient (Wildman–Crippen LogP) is 3.38. The molecule has 0 aliphatic heterocycles. The van der Waals surface area contributed by atoms with Crippen LogP contribution in [-0.4, -0.2) is 29.4 Å². The number of hydrogen-bond donors (Lipinski definition) is 2. The van der Waals surface area contributed by atoms with Gasteiger partial charge in [0.1, 0.15) is 5.69 Å². The molecule has 0 unspecified atom stereocenters. The van der Waals surface area contributed by atoms with Crippen LogP contribution in [0.25, 0.3) is 0 Å². The molecule has 3 rings (SSSR count). The number of carbonyl (C=O) groups is 2. The van der Waals surface area contributed by atoms with E-state index in [4.69, 9.17) is 11.6 Å². The monoisotopic (exact) mass is 371 g/mol. The van der Waals surface area contributed by atoms with Gasteiger partial charge in [0.25, 0.3) is 11.8 Å². The summed E-state index contributed by atoms with van der Waals surface area (Å²) in [5.74, 6) is -0.435. The Kier molecular flexibility index (Phi) is 6.23. The average molecular weight is 372 g/mol. The highest BCUT2D eigenvalue weighted by molar-refractivity contribution is 6.30. The fourth-order valence-corrected chi connectivity index (χ4v) is 3.35. The molecule has 2 amide bonds. The highest BCUT2D eigenvalue weighted by atomic mass is 35.5. The van der Waals surface area contributed by atoms with Gasteiger partial charge in [-0.25, -0.2) is 0 Å². The number of nitrogens with one attached hydrogen (secondary N) is 2. The van der Waals surface area contributed by atoms with Crippen LogP contribution in [0.5, 0.6) is 0 Å². The van der Waals surface area contributed by atoms with Crippen molar-refractivity contribution < 1.29 is 9.59 Å². The molecular formula is C20H22ClN3O2. The molecule has 1 aliphatic rings. The van der Waals surface area contributed by atoms with Gasteiger partial charge < -0.3 is 10.6 Å². The number of halogens is 1. The van der Waals surface area contributed by atoms with Crippen molar-refractivity contribution in [1.82, 2.24) is 15.6 Å². The molecule has 1 heterocycles. The Morgan fingerprint density at radius 2 is 1.92 bits per heavy atom. The fraction of sp³-hybridized carbons (Fsp3) is 0.350. The van der Waals surface area contributed by atoms with Gasteiger partial charge in [0.2, 0.25) is 0 Å². The van der Waals surface area contributed by atoms with E-state index in [1.54, 1.807) is 12.1 Å². The number of benzene rings is 1. The second-order valence-electron chi connectivity index (χ2n) is 6.52. The third kappa shape index (κ3) is 5.05. The van der Waals surface area contributed by atoms with E-state index in [2.05, 4.69) is 15.6 Å². The van der Waals surface area contributed by atoms with Gasteiger partial charge in [-0.05, 0) is 49.1 Å². The molecule has 1 aromatic carbocycles. The maximum absolute atomic E-state index is 12.3. The number of hydrogen-bond acceptors (Lipinski definition) is 3. The zero-order chi connectivity index (χ0) is 18.4. The molecule has 1 aromatic heterocycles. The van der Waals surface area contributed by atoms with E-state index in [9.17, 15) is 9.59 Å². The van der Waals surface area contributed by atoms with E-state index in [-0.39, 0.29) is 23.6 Å². The lowest BCUT2D eigenvalue weighted by molar-refractivity contribution is 0.0937. The molecule has 0 saturated heterocycles. The average Bonchev–Trinajstić information content (AvgIpc) is 3.15. The summed E-state index contributed by atoms with van der Waals surface area (Å²) in [6.07, 6.45) is 6.52. The van der Waals surface area contributed by atoms with E-state index < -0.39 is 0 Å². The molecule has 1 fully saturated rings. The Labute approximate surface area is 158 Å². The van der Waals surface area contributed by atoms with Gasteiger partial charge in [-0.1, -0.05) is 36.6 Å². The molecular weight excluding hydrogens is 350 g/mol. The number of rotatable bonds is 6. The minimum atomic E-state index is -0.289. The van der Waals surface area contributed by atoms with Crippen molar-refractivity contribution in [3.63, 3.8) is 0 Å². The first-order chi connectivity index (χ1) is 12.6. The van der Waals surface area contributed by atoms with Crippen molar-refractivity contribution in [3.05, 3.63) is 64.4 Å². The van der Waals surface area contributed by atoms with E-state index >= 15 is 0 Å². The lowest BCUT2D eigenvalue weighted by Gasteiger charge is -2.12. The zero-order valence-electron chi connectivity index (χ0n) is 14.5. The van der Waals surface area contributed by atoms with E-state index in [0.29, 0.717) is 23.6 Å². The van der Waals surface area contributed by atoms with Crippen LogP contribution in [0.3, 0.4) is 0 Å². The van der Waals surface area contributed by atoms with Crippen LogP contribution in [0, 0.1) is 0 Å². The lowest BCUT2D eigenvalue weighted by Crippen LogP contribution is -2.33. The molecule has 6 heteroatoms. The first-order valence-corrected chi connectivity index (χ1v) is 9.29. The van der Waals surface area contributed by atoms with E-state index in [1.165, 1.54) is 6.20 Å². The van der Waals surface area contributed by atoms with Crippen molar-refractivity contribution in [3.8, 4) is 0 Å².